The van der Waals surface area contributed by atoms with Crippen LogP contribution in [0.25, 0.3) is 10.9 Å². The van der Waals surface area contributed by atoms with E-state index in [1.165, 1.54) is 22.0 Å². The molecule has 1 amide bonds. The second-order valence-corrected chi connectivity index (χ2v) is 5.94. The lowest BCUT2D eigenvalue weighted by molar-refractivity contribution is -0.122. The number of rotatable bonds is 6. The van der Waals surface area contributed by atoms with Gasteiger partial charge in [0.1, 0.15) is 6.04 Å². The molecule has 0 fully saturated rings. The van der Waals surface area contributed by atoms with Gasteiger partial charge in [0.2, 0.25) is 5.91 Å². The number of fused-ring (bicyclic) bond motifs is 1. The Hall–Kier alpha value is -2.59. The van der Waals surface area contributed by atoms with Crippen LogP contribution in [0.1, 0.15) is 29.7 Å². The fourth-order valence-electron chi connectivity index (χ4n) is 3.02. The zero-order chi connectivity index (χ0) is 16.9. The SMILES string of the molecule is CCc1cccc2c(CCNC(=O)C(N)c3ccccc3)c[nH]c12. The number of aromatic nitrogens is 1. The lowest BCUT2D eigenvalue weighted by Gasteiger charge is -2.12. The van der Waals surface area contributed by atoms with Gasteiger partial charge >= 0.3 is 0 Å². The molecule has 0 aliphatic rings. The maximum Gasteiger partial charge on any atom is 0.241 e. The largest absolute Gasteiger partial charge is 0.361 e. The number of hydrogen-bond donors (Lipinski definition) is 3. The second kappa shape index (κ2) is 7.32. The van der Waals surface area contributed by atoms with Crippen LogP contribution in [-0.2, 0) is 17.6 Å². The minimum absolute atomic E-state index is 0.143. The number of amides is 1. The number of carbonyl (C=O) groups is 1. The minimum Gasteiger partial charge on any atom is -0.361 e. The molecule has 1 heterocycles. The number of H-pyrrole nitrogens is 1. The molecule has 0 spiro atoms. The molecule has 4 nitrogen and oxygen atoms in total. The number of para-hydroxylation sites is 1. The summed E-state index contributed by atoms with van der Waals surface area (Å²) in [4.78, 5) is 15.5. The van der Waals surface area contributed by atoms with Crippen molar-refractivity contribution in [2.24, 2.45) is 5.73 Å². The minimum atomic E-state index is -0.624. The van der Waals surface area contributed by atoms with Crippen LogP contribution in [-0.4, -0.2) is 17.4 Å². The first-order chi connectivity index (χ1) is 11.7. The van der Waals surface area contributed by atoms with Gasteiger partial charge in [-0.05, 0) is 29.5 Å². The average Bonchev–Trinajstić information content (AvgIpc) is 3.05. The summed E-state index contributed by atoms with van der Waals surface area (Å²) in [5.41, 5.74) is 10.6. The summed E-state index contributed by atoms with van der Waals surface area (Å²) >= 11 is 0. The number of nitrogens with one attached hydrogen (secondary N) is 2. The Kier molecular flexibility index (Phi) is 4.96. The molecule has 4 heteroatoms. The zero-order valence-corrected chi connectivity index (χ0v) is 13.9. The Morgan fingerprint density at radius 3 is 2.67 bits per heavy atom. The van der Waals surface area contributed by atoms with Crippen LogP contribution in [0.15, 0.2) is 54.7 Å². The molecule has 0 aliphatic carbocycles. The van der Waals surface area contributed by atoms with Crippen LogP contribution in [0.5, 0.6) is 0 Å². The van der Waals surface area contributed by atoms with E-state index in [0.29, 0.717) is 6.54 Å². The number of carbonyl (C=O) groups excluding carboxylic acids is 1. The molecule has 1 unspecified atom stereocenters. The van der Waals surface area contributed by atoms with Crippen molar-refractivity contribution < 1.29 is 4.79 Å². The monoisotopic (exact) mass is 321 g/mol. The van der Waals surface area contributed by atoms with Gasteiger partial charge in [-0.15, -0.1) is 0 Å². The predicted octanol–water partition coefficient (Wildman–Crippen LogP) is 3.09. The molecule has 2 aromatic carbocycles. The summed E-state index contributed by atoms with van der Waals surface area (Å²) in [6, 6.07) is 15.2. The Bertz CT molecular complexity index is 823. The third-order valence-electron chi connectivity index (χ3n) is 4.40. The van der Waals surface area contributed by atoms with Gasteiger partial charge in [0, 0.05) is 23.6 Å². The van der Waals surface area contributed by atoms with Crippen molar-refractivity contribution in [3.63, 3.8) is 0 Å². The summed E-state index contributed by atoms with van der Waals surface area (Å²) < 4.78 is 0. The van der Waals surface area contributed by atoms with Gasteiger partial charge in [-0.2, -0.15) is 0 Å². The number of hydrogen-bond acceptors (Lipinski definition) is 2. The van der Waals surface area contributed by atoms with E-state index in [4.69, 9.17) is 5.73 Å². The van der Waals surface area contributed by atoms with Crippen molar-refractivity contribution in [1.82, 2.24) is 10.3 Å². The molecule has 0 saturated heterocycles. The molecule has 0 saturated carbocycles. The normalized spacial score (nSPS) is 12.2. The first kappa shape index (κ1) is 16.3. The molecular formula is C20H23N3O. The Morgan fingerprint density at radius 2 is 1.92 bits per heavy atom. The van der Waals surface area contributed by atoms with Crippen LogP contribution in [0.2, 0.25) is 0 Å². The van der Waals surface area contributed by atoms with E-state index in [1.807, 2.05) is 36.5 Å². The van der Waals surface area contributed by atoms with Crippen molar-refractivity contribution in [2.45, 2.75) is 25.8 Å². The van der Waals surface area contributed by atoms with Crippen molar-refractivity contribution in [3.05, 3.63) is 71.4 Å². The van der Waals surface area contributed by atoms with Crippen molar-refractivity contribution in [1.29, 1.82) is 0 Å². The highest BCUT2D eigenvalue weighted by atomic mass is 16.2. The van der Waals surface area contributed by atoms with Crippen LogP contribution in [0.3, 0.4) is 0 Å². The van der Waals surface area contributed by atoms with Gasteiger partial charge in [0.25, 0.3) is 0 Å². The molecule has 0 bridgehead atoms. The quantitative estimate of drug-likeness (QED) is 0.653. The van der Waals surface area contributed by atoms with E-state index >= 15 is 0 Å². The topological polar surface area (TPSA) is 70.9 Å². The Labute approximate surface area is 142 Å². The third kappa shape index (κ3) is 3.34. The van der Waals surface area contributed by atoms with Gasteiger partial charge in [-0.1, -0.05) is 55.5 Å². The highest BCUT2D eigenvalue weighted by Gasteiger charge is 2.15. The van der Waals surface area contributed by atoms with Gasteiger partial charge in [0.15, 0.2) is 0 Å². The molecule has 0 aliphatic heterocycles. The van der Waals surface area contributed by atoms with E-state index in [-0.39, 0.29) is 5.91 Å². The van der Waals surface area contributed by atoms with Crippen molar-refractivity contribution >= 4 is 16.8 Å². The molecule has 3 aromatic rings. The van der Waals surface area contributed by atoms with Crippen LogP contribution in [0.4, 0.5) is 0 Å². The summed E-state index contributed by atoms with van der Waals surface area (Å²) in [6.07, 6.45) is 3.81. The van der Waals surface area contributed by atoms with Gasteiger partial charge in [0.05, 0.1) is 0 Å². The van der Waals surface area contributed by atoms with E-state index < -0.39 is 6.04 Å². The van der Waals surface area contributed by atoms with E-state index in [1.54, 1.807) is 0 Å². The molecular weight excluding hydrogens is 298 g/mol. The van der Waals surface area contributed by atoms with E-state index in [9.17, 15) is 4.79 Å². The van der Waals surface area contributed by atoms with Crippen molar-refractivity contribution in [2.75, 3.05) is 6.54 Å². The first-order valence-corrected chi connectivity index (χ1v) is 8.36. The lowest BCUT2D eigenvalue weighted by Crippen LogP contribution is -2.35. The average molecular weight is 321 g/mol. The van der Waals surface area contributed by atoms with Crippen LogP contribution >= 0.6 is 0 Å². The fraction of sp³-hybridized carbons (Fsp3) is 0.250. The standard InChI is InChI=1S/C20H23N3O/c1-2-14-9-6-10-17-16(13-23-19(14)17)11-12-22-20(24)18(21)15-7-4-3-5-8-15/h3-10,13,18,23H,2,11-12,21H2,1H3,(H,22,24). The number of nitrogens with two attached hydrogens (primary N) is 1. The Morgan fingerprint density at radius 1 is 1.12 bits per heavy atom. The van der Waals surface area contributed by atoms with E-state index in [0.717, 1.165) is 18.4 Å². The smallest absolute Gasteiger partial charge is 0.241 e. The maximum absolute atomic E-state index is 12.2. The molecule has 0 radical (unpaired) electrons. The van der Waals surface area contributed by atoms with Crippen LogP contribution in [0, 0.1) is 0 Å². The first-order valence-electron chi connectivity index (χ1n) is 8.36. The lowest BCUT2D eigenvalue weighted by atomic mass is 10.1. The molecule has 124 valence electrons. The number of aryl methyl sites for hydroxylation is 1. The summed E-state index contributed by atoms with van der Waals surface area (Å²) in [6.45, 7) is 2.73. The summed E-state index contributed by atoms with van der Waals surface area (Å²) in [5, 5.41) is 4.17. The third-order valence-corrected chi connectivity index (χ3v) is 4.40. The van der Waals surface area contributed by atoms with Gasteiger partial charge in [-0.25, -0.2) is 0 Å². The Balaban J connectivity index is 1.62. The maximum atomic E-state index is 12.2. The highest BCUT2D eigenvalue weighted by Crippen LogP contribution is 2.22. The van der Waals surface area contributed by atoms with Gasteiger partial charge < -0.3 is 16.0 Å². The summed E-state index contributed by atoms with van der Waals surface area (Å²) in [5.74, 6) is -0.143. The highest BCUT2D eigenvalue weighted by molar-refractivity contribution is 5.86. The molecule has 3 rings (SSSR count). The number of aromatic amines is 1. The van der Waals surface area contributed by atoms with Crippen molar-refractivity contribution in [3.8, 4) is 0 Å². The second-order valence-electron chi connectivity index (χ2n) is 5.94. The zero-order valence-electron chi connectivity index (χ0n) is 13.9. The number of benzene rings is 2. The molecule has 24 heavy (non-hydrogen) atoms. The molecule has 1 atom stereocenters. The van der Waals surface area contributed by atoms with Gasteiger partial charge in [-0.3, -0.25) is 4.79 Å². The molecule has 1 aromatic heterocycles. The van der Waals surface area contributed by atoms with Crippen LogP contribution < -0.4 is 11.1 Å². The fourth-order valence-corrected chi connectivity index (χ4v) is 3.02. The molecule has 4 N–H and O–H groups in total. The summed E-state index contributed by atoms with van der Waals surface area (Å²) in [7, 11) is 0. The van der Waals surface area contributed by atoms with E-state index in [2.05, 4.69) is 35.4 Å². The predicted molar refractivity (Wildman–Crippen MR) is 97.8 cm³/mol.